The Bertz CT molecular complexity index is 1490. The highest BCUT2D eigenvalue weighted by Crippen LogP contribution is 2.29. The van der Waals surface area contributed by atoms with Crippen LogP contribution in [-0.4, -0.2) is 74.2 Å². The van der Waals surface area contributed by atoms with Gasteiger partial charge in [0, 0.05) is 79.7 Å². The number of anilines is 3. The third-order valence-corrected chi connectivity index (χ3v) is 8.47. The number of piperazine rings is 1. The van der Waals surface area contributed by atoms with E-state index in [-0.39, 0.29) is 12.1 Å². The van der Waals surface area contributed by atoms with Crippen LogP contribution in [0.3, 0.4) is 0 Å². The molecule has 0 unspecified atom stereocenters. The fourth-order valence-electron chi connectivity index (χ4n) is 5.41. The molecule has 3 aromatic heterocycles. The van der Waals surface area contributed by atoms with E-state index in [1.54, 1.807) is 29.2 Å². The zero-order chi connectivity index (χ0) is 27.8. The Morgan fingerprint density at radius 3 is 2.48 bits per heavy atom. The highest BCUT2D eigenvalue weighted by atomic mass is 35.5. The Kier molecular flexibility index (Phi) is 7.80. The van der Waals surface area contributed by atoms with E-state index in [0.717, 1.165) is 48.9 Å². The fourth-order valence-corrected chi connectivity index (χ4v) is 6.67. The zero-order valence-electron chi connectivity index (χ0n) is 22.4. The minimum Gasteiger partial charge on any atom is -0.352 e. The number of aromatic nitrogens is 4. The number of benzene rings is 1. The number of halogens is 3. The standard InChI is InChI=1S/C28H31ClF2N8S/c1-17-14-38(15-18(2)34-17)27-23(29)9-20(13-32-27)35-28-33-12-19-3-4-39(26(19)36-28)21-10-24(30)22(25(31)11-21)16-37-5-7-40-8-6-37/h3-4,9-13,17-18,34H,5-8,14-16H2,1-2H3,(H,33,35,36)/t17-,18+. The van der Waals surface area contributed by atoms with Crippen molar-refractivity contribution < 1.29 is 8.78 Å². The van der Waals surface area contributed by atoms with Crippen LogP contribution in [0.25, 0.3) is 16.7 Å². The second-order valence-corrected chi connectivity index (χ2v) is 12.1. The smallest absolute Gasteiger partial charge is 0.229 e. The summed E-state index contributed by atoms with van der Waals surface area (Å²) < 4.78 is 31.9. The third-order valence-electron chi connectivity index (χ3n) is 7.25. The van der Waals surface area contributed by atoms with Crippen LogP contribution in [0.1, 0.15) is 19.4 Å². The van der Waals surface area contributed by atoms with Gasteiger partial charge in [0.15, 0.2) is 0 Å². The normalized spacial score (nSPS) is 20.3. The molecule has 1 aromatic carbocycles. The van der Waals surface area contributed by atoms with Crippen LogP contribution in [0.5, 0.6) is 0 Å². The Labute approximate surface area is 241 Å². The molecule has 2 fully saturated rings. The molecule has 0 amide bonds. The molecule has 0 saturated carbocycles. The molecule has 2 atom stereocenters. The van der Waals surface area contributed by atoms with Crippen LogP contribution < -0.4 is 15.5 Å². The van der Waals surface area contributed by atoms with Gasteiger partial charge in [0.25, 0.3) is 0 Å². The largest absolute Gasteiger partial charge is 0.352 e. The van der Waals surface area contributed by atoms with Crippen molar-refractivity contribution in [2.24, 2.45) is 0 Å². The van der Waals surface area contributed by atoms with Gasteiger partial charge in [0.2, 0.25) is 5.95 Å². The van der Waals surface area contributed by atoms with Gasteiger partial charge in [-0.25, -0.2) is 18.7 Å². The second-order valence-electron chi connectivity index (χ2n) is 10.5. The van der Waals surface area contributed by atoms with Crippen LogP contribution >= 0.6 is 23.4 Å². The molecular formula is C28H31ClF2N8S. The van der Waals surface area contributed by atoms with E-state index in [1.807, 2.05) is 17.8 Å². The number of fused-ring (bicyclic) bond motifs is 1. The molecule has 2 saturated heterocycles. The molecule has 5 heterocycles. The summed E-state index contributed by atoms with van der Waals surface area (Å²) in [5, 5.41) is 7.95. The molecule has 210 valence electrons. The van der Waals surface area contributed by atoms with Crippen molar-refractivity contribution in [3.05, 3.63) is 65.1 Å². The lowest BCUT2D eigenvalue weighted by atomic mass is 10.1. The topological polar surface area (TPSA) is 74.1 Å². The number of pyridine rings is 1. The minimum absolute atomic E-state index is 0.0987. The van der Waals surface area contributed by atoms with Gasteiger partial charge in [-0.2, -0.15) is 16.7 Å². The van der Waals surface area contributed by atoms with Gasteiger partial charge >= 0.3 is 0 Å². The van der Waals surface area contributed by atoms with Crippen molar-refractivity contribution in [2.45, 2.75) is 32.5 Å². The molecule has 40 heavy (non-hydrogen) atoms. The summed E-state index contributed by atoms with van der Waals surface area (Å²) in [5.41, 5.74) is 1.62. The van der Waals surface area contributed by atoms with E-state index >= 15 is 8.78 Å². The maximum Gasteiger partial charge on any atom is 0.229 e. The first-order valence-corrected chi connectivity index (χ1v) is 14.9. The number of nitrogens with zero attached hydrogens (tertiary/aromatic N) is 6. The summed E-state index contributed by atoms with van der Waals surface area (Å²) in [4.78, 5) is 17.9. The van der Waals surface area contributed by atoms with Crippen molar-refractivity contribution in [1.29, 1.82) is 0 Å². The zero-order valence-corrected chi connectivity index (χ0v) is 23.9. The van der Waals surface area contributed by atoms with Crippen molar-refractivity contribution in [1.82, 2.24) is 29.7 Å². The minimum atomic E-state index is -0.559. The number of thioether (sulfide) groups is 1. The molecule has 2 aliphatic rings. The van der Waals surface area contributed by atoms with Crippen molar-refractivity contribution in [3.8, 4) is 5.69 Å². The summed E-state index contributed by atoms with van der Waals surface area (Å²) in [6, 6.07) is 7.03. The van der Waals surface area contributed by atoms with Gasteiger partial charge in [0.05, 0.1) is 22.6 Å². The Balaban J connectivity index is 1.23. The van der Waals surface area contributed by atoms with Crippen molar-refractivity contribution in [2.75, 3.05) is 47.9 Å². The molecule has 0 spiro atoms. The van der Waals surface area contributed by atoms with Crippen molar-refractivity contribution in [3.63, 3.8) is 0 Å². The van der Waals surface area contributed by atoms with E-state index in [2.05, 4.69) is 49.2 Å². The quantitative estimate of drug-likeness (QED) is 0.319. The van der Waals surface area contributed by atoms with E-state index in [4.69, 9.17) is 11.6 Å². The second kappa shape index (κ2) is 11.5. The maximum atomic E-state index is 15.1. The van der Waals surface area contributed by atoms with Gasteiger partial charge in [-0.15, -0.1) is 0 Å². The fraction of sp³-hybridized carbons (Fsp3) is 0.393. The lowest BCUT2D eigenvalue weighted by Gasteiger charge is -2.37. The van der Waals surface area contributed by atoms with Gasteiger partial charge in [-0.05, 0) is 38.1 Å². The first-order valence-electron chi connectivity index (χ1n) is 13.4. The molecule has 0 radical (unpaired) electrons. The maximum absolute atomic E-state index is 15.1. The Morgan fingerprint density at radius 2 is 1.77 bits per heavy atom. The van der Waals surface area contributed by atoms with Gasteiger partial charge in [-0.3, -0.25) is 4.90 Å². The number of rotatable bonds is 6. The first kappa shape index (κ1) is 27.2. The number of hydrogen-bond donors (Lipinski definition) is 2. The summed E-state index contributed by atoms with van der Waals surface area (Å²) in [5.74, 6) is 1.90. The molecule has 2 N–H and O–H groups in total. The van der Waals surface area contributed by atoms with Crippen LogP contribution in [-0.2, 0) is 6.54 Å². The van der Waals surface area contributed by atoms with Gasteiger partial charge in [0.1, 0.15) is 23.1 Å². The average molecular weight is 585 g/mol. The van der Waals surface area contributed by atoms with E-state index in [0.29, 0.717) is 40.1 Å². The van der Waals surface area contributed by atoms with Crippen LogP contribution in [0.2, 0.25) is 5.02 Å². The number of hydrogen-bond acceptors (Lipinski definition) is 8. The highest BCUT2D eigenvalue weighted by molar-refractivity contribution is 7.99. The molecule has 6 rings (SSSR count). The SMILES string of the molecule is C[C@@H]1CN(c2ncc(Nc3ncc4ccn(-c5cc(F)c(CN6CCSCC6)c(F)c5)c4n3)cc2Cl)C[C@H](C)N1. The molecule has 4 aromatic rings. The van der Waals surface area contributed by atoms with Crippen LogP contribution in [0, 0.1) is 11.6 Å². The molecule has 8 nitrogen and oxygen atoms in total. The summed E-state index contributed by atoms with van der Waals surface area (Å²) >= 11 is 8.49. The number of nitrogens with one attached hydrogen (secondary N) is 2. The average Bonchev–Trinajstić information content (AvgIpc) is 3.34. The van der Waals surface area contributed by atoms with E-state index in [1.165, 1.54) is 12.1 Å². The van der Waals surface area contributed by atoms with E-state index < -0.39 is 11.6 Å². The monoisotopic (exact) mass is 584 g/mol. The molecule has 12 heteroatoms. The first-order chi connectivity index (χ1) is 19.3. The van der Waals surface area contributed by atoms with E-state index in [9.17, 15) is 0 Å². The molecule has 0 bridgehead atoms. The lowest BCUT2D eigenvalue weighted by molar-refractivity contribution is 0.284. The summed E-state index contributed by atoms with van der Waals surface area (Å²) in [6.07, 6.45) is 5.11. The third kappa shape index (κ3) is 5.74. The highest BCUT2D eigenvalue weighted by Gasteiger charge is 2.24. The van der Waals surface area contributed by atoms with Gasteiger partial charge in [-0.1, -0.05) is 11.6 Å². The molecule has 0 aliphatic carbocycles. The van der Waals surface area contributed by atoms with Gasteiger partial charge < -0.3 is 20.1 Å². The summed E-state index contributed by atoms with van der Waals surface area (Å²) in [7, 11) is 0. The molecular weight excluding hydrogens is 554 g/mol. The molecule has 2 aliphatic heterocycles. The van der Waals surface area contributed by atoms with Crippen LogP contribution in [0.15, 0.2) is 42.9 Å². The van der Waals surface area contributed by atoms with Crippen molar-refractivity contribution >= 4 is 51.8 Å². The predicted molar refractivity (Wildman–Crippen MR) is 158 cm³/mol. The van der Waals surface area contributed by atoms with Crippen LogP contribution in [0.4, 0.5) is 26.2 Å². The predicted octanol–water partition coefficient (Wildman–Crippen LogP) is 5.23. The lowest BCUT2D eigenvalue weighted by Crippen LogP contribution is -2.54. The Morgan fingerprint density at radius 1 is 1.05 bits per heavy atom. The summed E-state index contributed by atoms with van der Waals surface area (Å²) in [6.45, 7) is 7.85. The Hall–Kier alpha value is -2.99.